The molecule has 0 fully saturated rings. The van der Waals surface area contributed by atoms with Crippen molar-refractivity contribution in [2.24, 2.45) is 0 Å². The van der Waals surface area contributed by atoms with E-state index < -0.39 is 0 Å². The van der Waals surface area contributed by atoms with E-state index in [0.717, 1.165) is 12.8 Å². The van der Waals surface area contributed by atoms with Gasteiger partial charge in [-0.25, -0.2) is 4.58 Å². The highest BCUT2D eigenvalue weighted by Crippen LogP contribution is 2.30. The lowest BCUT2D eigenvalue weighted by molar-refractivity contribution is -0.462. The van der Waals surface area contributed by atoms with Crippen LogP contribution in [-0.4, -0.2) is 38.5 Å². The molecule has 0 heterocycles. The molecule has 0 spiro atoms. The van der Waals surface area contributed by atoms with E-state index in [9.17, 15) is 0 Å². The Morgan fingerprint density at radius 3 is 2.37 bits per heavy atom. The van der Waals surface area contributed by atoms with Crippen LogP contribution >= 0.6 is 0 Å². The monoisotopic (exact) mass is 359 g/mol. The van der Waals surface area contributed by atoms with Gasteiger partial charge in [0.2, 0.25) is 0 Å². The minimum Gasteiger partial charge on any atom is -0.378 e. The van der Waals surface area contributed by atoms with Crippen LogP contribution in [0.3, 0.4) is 0 Å². The minimum atomic E-state index is 1.12. The van der Waals surface area contributed by atoms with Gasteiger partial charge < -0.3 is 4.90 Å². The summed E-state index contributed by atoms with van der Waals surface area (Å²) in [6, 6.07) is 6.69. The van der Waals surface area contributed by atoms with Gasteiger partial charge in [0.1, 0.15) is 14.1 Å². The molecule has 27 heavy (non-hydrogen) atoms. The molecule has 1 aromatic carbocycles. The summed E-state index contributed by atoms with van der Waals surface area (Å²) in [7, 11) is 8.34. The van der Waals surface area contributed by atoms with Gasteiger partial charge in [-0.1, -0.05) is 24.3 Å². The third kappa shape index (κ3) is 4.57. The standard InChI is InChI=1S/C25H31N2/c1-18-13-24(26(3)4)11-9-22(18)16-20-7-8-21(15-20)17-23-10-12-25(27(5)6)14-19(23)2/h9-17H,7-8H2,1-6H3/q+1. The normalized spacial score (nSPS) is 19.6. The van der Waals surface area contributed by atoms with Crippen molar-refractivity contribution in [3.63, 3.8) is 0 Å². The molecule has 2 aliphatic carbocycles. The van der Waals surface area contributed by atoms with Crippen molar-refractivity contribution in [3.8, 4) is 0 Å². The molecule has 0 radical (unpaired) electrons. The number of aryl methyl sites for hydroxylation is 1. The molecular weight excluding hydrogens is 328 g/mol. The van der Waals surface area contributed by atoms with Gasteiger partial charge in [-0.15, -0.1) is 0 Å². The Morgan fingerprint density at radius 2 is 1.74 bits per heavy atom. The smallest absolute Gasteiger partial charge is 0.199 e. The van der Waals surface area contributed by atoms with E-state index >= 15 is 0 Å². The van der Waals surface area contributed by atoms with Crippen LogP contribution in [0.25, 0.3) is 6.08 Å². The molecule has 2 aliphatic rings. The maximum absolute atomic E-state index is 2.36. The fourth-order valence-corrected chi connectivity index (χ4v) is 3.50. The zero-order chi connectivity index (χ0) is 19.6. The van der Waals surface area contributed by atoms with Gasteiger partial charge in [0.15, 0.2) is 5.71 Å². The lowest BCUT2D eigenvalue weighted by Crippen LogP contribution is -2.11. The van der Waals surface area contributed by atoms with E-state index in [0.29, 0.717) is 0 Å². The molecule has 0 saturated heterocycles. The molecule has 0 amide bonds. The maximum atomic E-state index is 2.36. The second kappa shape index (κ2) is 7.96. The molecule has 140 valence electrons. The van der Waals surface area contributed by atoms with E-state index in [1.54, 1.807) is 0 Å². The van der Waals surface area contributed by atoms with Gasteiger partial charge in [0, 0.05) is 31.9 Å². The predicted molar refractivity (Wildman–Crippen MR) is 119 cm³/mol. The third-order valence-corrected chi connectivity index (χ3v) is 5.29. The van der Waals surface area contributed by atoms with E-state index in [1.165, 1.54) is 44.8 Å². The number of anilines is 1. The summed E-state index contributed by atoms with van der Waals surface area (Å²) in [5.74, 6) is 0. The van der Waals surface area contributed by atoms with E-state index in [4.69, 9.17) is 0 Å². The molecule has 0 atom stereocenters. The minimum absolute atomic E-state index is 1.12. The van der Waals surface area contributed by atoms with Crippen molar-refractivity contribution in [2.45, 2.75) is 26.7 Å². The summed E-state index contributed by atoms with van der Waals surface area (Å²) in [5.41, 5.74) is 10.6. The molecule has 3 rings (SSSR count). The zero-order valence-corrected chi connectivity index (χ0v) is 17.5. The van der Waals surface area contributed by atoms with Crippen LogP contribution in [0.4, 0.5) is 5.69 Å². The Hall–Kier alpha value is -2.61. The summed E-state index contributed by atoms with van der Waals surface area (Å²) < 4.78 is 2.15. The number of hydrogen-bond donors (Lipinski definition) is 0. The first-order valence-electron chi connectivity index (χ1n) is 9.65. The molecule has 0 unspecified atom stereocenters. The summed E-state index contributed by atoms with van der Waals surface area (Å²) in [6.07, 6.45) is 16.0. The molecule has 0 aliphatic heterocycles. The number of rotatable bonds is 3. The van der Waals surface area contributed by atoms with Crippen molar-refractivity contribution in [1.82, 2.24) is 0 Å². The first-order chi connectivity index (χ1) is 12.8. The average molecular weight is 360 g/mol. The van der Waals surface area contributed by atoms with E-state index in [2.05, 4.69) is 106 Å². The number of allylic oxidation sites excluding steroid dienone is 9. The van der Waals surface area contributed by atoms with Crippen LogP contribution in [0.5, 0.6) is 0 Å². The Bertz CT molecular complexity index is 927. The average Bonchev–Trinajstić information content (AvgIpc) is 3.05. The molecule has 2 nitrogen and oxygen atoms in total. The van der Waals surface area contributed by atoms with Crippen molar-refractivity contribution in [2.75, 3.05) is 33.1 Å². The van der Waals surface area contributed by atoms with Gasteiger partial charge in [0.25, 0.3) is 0 Å². The van der Waals surface area contributed by atoms with Crippen LogP contribution in [-0.2, 0) is 0 Å². The molecular formula is C25H31N2+. The fourth-order valence-electron chi connectivity index (χ4n) is 3.50. The first kappa shape index (κ1) is 19.2. The number of hydrogen-bond acceptors (Lipinski definition) is 1. The van der Waals surface area contributed by atoms with Crippen molar-refractivity contribution < 1.29 is 4.58 Å². The van der Waals surface area contributed by atoms with Crippen LogP contribution in [0.2, 0.25) is 0 Å². The quantitative estimate of drug-likeness (QED) is 0.662. The van der Waals surface area contributed by atoms with Crippen LogP contribution in [0, 0.1) is 6.92 Å². The van der Waals surface area contributed by atoms with Gasteiger partial charge in [-0.2, -0.15) is 0 Å². The second-order valence-corrected chi connectivity index (χ2v) is 7.95. The van der Waals surface area contributed by atoms with Crippen molar-refractivity contribution in [1.29, 1.82) is 0 Å². The van der Waals surface area contributed by atoms with Crippen LogP contribution in [0.15, 0.2) is 70.9 Å². The Balaban J connectivity index is 1.81. The number of benzene rings is 1. The predicted octanol–water partition coefficient (Wildman–Crippen LogP) is 5.32. The lowest BCUT2D eigenvalue weighted by atomic mass is 9.97. The Labute approximate surface area is 164 Å². The lowest BCUT2D eigenvalue weighted by Gasteiger charge is -2.14. The highest BCUT2D eigenvalue weighted by molar-refractivity contribution is 6.03. The van der Waals surface area contributed by atoms with Gasteiger partial charge in [-0.3, -0.25) is 0 Å². The first-order valence-corrected chi connectivity index (χ1v) is 9.65. The van der Waals surface area contributed by atoms with Crippen molar-refractivity contribution >= 4 is 17.5 Å². The van der Waals surface area contributed by atoms with Gasteiger partial charge in [-0.05, 0) is 78.3 Å². The van der Waals surface area contributed by atoms with E-state index in [1.807, 2.05) is 0 Å². The zero-order valence-electron chi connectivity index (χ0n) is 17.5. The fraction of sp³-hybridized carbons (Fsp3) is 0.320. The second-order valence-electron chi connectivity index (χ2n) is 7.95. The topological polar surface area (TPSA) is 6.25 Å². The summed E-state index contributed by atoms with van der Waals surface area (Å²) in [4.78, 5) is 2.15. The highest BCUT2D eigenvalue weighted by Gasteiger charge is 2.13. The van der Waals surface area contributed by atoms with Crippen LogP contribution < -0.4 is 4.90 Å². The largest absolute Gasteiger partial charge is 0.378 e. The summed E-state index contributed by atoms with van der Waals surface area (Å²) in [6.45, 7) is 4.39. The van der Waals surface area contributed by atoms with Gasteiger partial charge >= 0.3 is 0 Å². The number of nitrogens with zero attached hydrogens (tertiary/aromatic N) is 2. The van der Waals surface area contributed by atoms with Gasteiger partial charge in [0.05, 0.1) is 0 Å². The van der Waals surface area contributed by atoms with E-state index in [-0.39, 0.29) is 0 Å². The molecule has 2 heteroatoms. The van der Waals surface area contributed by atoms with Crippen LogP contribution in [0.1, 0.15) is 30.9 Å². The summed E-state index contributed by atoms with van der Waals surface area (Å²) >= 11 is 0. The Kier molecular flexibility index (Phi) is 5.65. The SMILES string of the molecule is CC1=CC(=[N+](C)C)C=C/C1=C\C1=CC(=C/c2ccc(N(C)C)cc2C)/CC1. The summed E-state index contributed by atoms with van der Waals surface area (Å²) in [5, 5.41) is 0. The third-order valence-electron chi connectivity index (χ3n) is 5.29. The maximum Gasteiger partial charge on any atom is 0.199 e. The molecule has 0 saturated carbocycles. The Morgan fingerprint density at radius 1 is 0.963 bits per heavy atom. The highest BCUT2D eigenvalue weighted by atomic mass is 15.1. The molecule has 1 aromatic rings. The molecule has 0 bridgehead atoms. The van der Waals surface area contributed by atoms with Crippen molar-refractivity contribution in [3.05, 3.63) is 82.0 Å². The molecule has 0 N–H and O–H groups in total. The molecule has 0 aromatic heterocycles.